The lowest BCUT2D eigenvalue weighted by Gasteiger charge is -2.07. The third-order valence-electron chi connectivity index (χ3n) is 3.08. The third-order valence-corrected chi connectivity index (χ3v) is 4.12. The normalized spacial score (nSPS) is 10.7. The number of aromatic nitrogens is 5. The van der Waals surface area contributed by atoms with E-state index >= 15 is 0 Å². The van der Waals surface area contributed by atoms with Crippen LogP contribution in [0.5, 0.6) is 0 Å². The summed E-state index contributed by atoms with van der Waals surface area (Å²) in [4.78, 5) is 8.31. The molecule has 0 saturated heterocycles. The van der Waals surface area contributed by atoms with Gasteiger partial charge in [-0.1, -0.05) is 30.0 Å². The molecule has 0 bridgehead atoms. The van der Waals surface area contributed by atoms with Crippen molar-refractivity contribution < 1.29 is 4.39 Å². The molecule has 0 saturated carbocycles. The molecule has 5 nitrogen and oxygen atoms in total. The second-order valence-corrected chi connectivity index (χ2v) is 5.66. The number of halogens is 1. The van der Waals surface area contributed by atoms with Gasteiger partial charge in [0.2, 0.25) is 0 Å². The van der Waals surface area contributed by atoms with Crippen molar-refractivity contribution in [3.8, 4) is 11.5 Å². The summed E-state index contributed by atoms with van der Waals surface area (Å²) in [5.41, 5.74) is 1.55. The molecule has 116 valence electrons. The number of hydrogen-bond acceptors (Lipinski definition) is 5. The quantitative estimate of drug-likeness (QED) is 0.513. The van der Waals surface area contributed by atoms with Gasteiger partial charge in [-0.2, -0.15) is 0 Å². The van der Waals surface area contributed by atoms with E-state index in [1.807, 2.05) is 10.6 Å². The number of rotatable bonds is 6. The van der Waals surface area contributed by atoms with Gasteiger partial charge in [-0.05, 0) is 17.7 Å². The van der Waals surface area contributed by atoms with E-state index in [1.165, 1.54) is 23.9 Å². The van der Waals surface area contributed by atoms with Crippen LogP contribution in [0.1, 0.15) is 5.56 Å². The highest BCUT2D eigenvalue weighted by Crippen LogP contribution is 2.25. The lowest BCUT2D eigenvalue weighted by atomic mass is 10.2. The first-order valence-corrected chi connectivity index (χ1v) is 7.94. The molecule has 3 rings (SSSR count). The maximum absolute atomic E-state index is 13.2. The van der Waals surface area contributed by atoms with Gasteiger partial charge < -0.3 is 0 Å². The van der Waals surface area contributed by atoms with Crippen molar-refractivity contribution >= 4 is 11.8 Å². The summed E-state index contributed by atoms with van der Waals surface area (Å²) in [7, 11) is 0. The highest BCUT2D eigenvalue weighted by molar-refractivity contribution is 7.98. The Morgan fingerprint density at radius 3 is 2.91 bits per heavy atom. The highest BCUT2D eigenvalue weighted by Gasteiger charge is 2.14. The van der Waals surface area contributed by atoms with E-state index in [-0.39, 0.29) is 5.82 Å². The zero-order valence-electron chi connectivity index (χ0n) is 12.3. The summed E-state index contributed by atoms with van der Waals surface area (Å²) in [6.45, 7) is 4.33. The van der Waals surface area contributed by atoms with Crippen LogP contribution in [-0.2, 0) is 12.3 Å². The summed E-state index contributed by atoms with van der Waals surface area (Å²) in [5.74, 6) is 1.00. The molecular weight excluding hydrogens is 313 g/mol. The van der Waals surface area contributed by atoms with Crippen LogP contribution in [-0.4, -0.2) is 24.7 Å². The molecule has 3 aromatic rings. The monoisotopic (exact) mass is 327 g/mol. The van der Waals surface area contributed by atoms with Crippen molar-refractivity contribution in [2.24, 2.45) is 0 Å². The van der Waals surface area contributed by atoms with Crippen LogP contribution in [0.15, 0.2) is 60.7 Å². The summed E-state index contributed by atoms with van der Waals surface area (Å²) in [6, 6.07) is 6.53. The molecule has 0 aliphatic rings. The zero-order chi connectivity index (χ0) is 16.1. The Labute approximate surface area is 137 Å². The van der Waals surface area contributed by atoms with Gasteiger partial charge in [0, 0.05) is 24.7 Å². The van der Waals surface area contributed by atoms with Gasteiger partial charge in [0.1, 0.15) is 11.5 Å². The standard InChI is InChI=1S/C16H14FN5S/c1-2-8-22-15(14-10-18-6-7-19-14)20-21-16(22)23-11-12-4-3-5-13(17)9-12/h2-7,9-10H,1,8,11H2. The Kier molecular flexibility index (Phi) is 4.77. The summed E-state index contributed by atoms with van der Waals surface area (Å²) >= 11 is 1.49. The average molecular weight is 327 g/mol. The highest BCUT2D eigenvalue weighted by atomic mass is 32.2. The molecule has 23 heavy (non-hydrogen) atoms. The first-order chi connectivity index (χ1) is 11.3. The van der Waals surface area contributed by atoms with Crippen molar-refractivity contribution in [1.29, 1.82) is 0 Å². The minimum absolute atomic E-state index is 0.240. The Hall–Kier alpha value is -2.54. The second kappa shape index (κ2) is 7.15. The number of thioether (sulfide) groups is 1. The SMILES string of the molecule is C=CCn1c(SCc2cccc(F)c2)nnc1-c1cnccn1. The van der Waals surface area contributed by atoms with Crippen molar-refractivity contribution in [2.45, 2.75) is 17.5 Å². The third kappa shape index (κ3) is 3.62. The summed E-state index contributed by atoms with van der Waals surface area (Å²) in [5, 5.41) is 9.15. The molecule has 0 fully saturated rings. The van der Waals surface area contributed by atoms with Gasteiger partial charge in [-0.3, -0.25) is 9.55 Å². The number of benzene rings is 1. The van der Waals surface area contributed by atoms with Gasteiger partial charge in [-0.25, -0.2) is 9.37 Å². The van der Waals surface area contributed by atoms with Gasteiger partial charge >= 0.3 is 0 Å². The van der Waals surface area contributed by atoms with Crippen molar-refractivity contribution in [1.82, 2.24) is 24.7 Å². The maximum Gasteiger partial charge on any atom is 0.192 e. The largest absolute Gasteiger partial charge is 0.297 e. The first-order valence-electron chi connectivity index (χ1n) is 6.95. The van der Waals surface area contributed by atoms with E-state index in [0.717, 1.165) is 10.7 Å². The van der Waals surface area contributed by atoms with Crippen molar-refractivity contribution in [2.75, 3.05) is 0 Å². The maximum atomic E-state index is 13.2. The fourth-order valence-electron chi connectivity index (χ4n) is 2.07. The average Bonchev–Trinajstić information content (AvgIpc) is 2.97. The molecule has 0 spiro atoms. The molecule has 1 aromatic carbocycles. The molecule has 0 unspecified atom stereocenters. The van der Waals surface area contributed by atoms with E-state index in [4.69, 9.17) is 0 Å². The number of hydrogen-bond donors (Lipinski definition) is 0. The van der Waals surface area contributed by atoms with Crippen LogP contribution in [0.25, 0.3) is 11.5 Å². The van der Waals surface area contributed by atoms with Crippen LogP contribution in [0.2, 0.25) is 0 Å². The minimum Gasteiger partial charge on any atom is -0.297 e. The molecule has 0 amide bonds. The minimum atomic E-state index is -0.240. The smallest absolute Gasteiger partial charge is 0.192 e. The van der Waals surface area contributed by atoms with Crippen LogP contribution >= 0.6 is 11.8 Å². The van der Waals surface area contributed by atoms with E-state index in [2.05, 4.69) is 26.7 Å². The van der Waals surface area contributed by atoms with E-state index in [1.54, 1.807) is 30.7 Å². The van der Waals surface area contributed by atoms with Crippen molar-refractivity contribution in [3.63, 3.8) is 0 Å². The van der Waals surface area contributed by atoms with Crippen LogP contribution in [0, 0.1) is 5.82 Å². The number of nitrogens with zero attached hydrogens (tertiary/aromatic N) is 5. The molecule has 2 heterocycles. The Morgan fingerprint density at radius 2 is 2.17 bits per heavy atom. The molecule has 0 radical (unpaired) electrons. The summed E-state index contributed by atoms with van der Waals surface area (Å²) < 4.78 is 15.2. The fraction of sp³-hybridized carbons (Fsp3) is 0.125. The topological polar surface area (TPSA) is 56.5 Å². The Morgan fingerprint density at radius 1 is 1.26 bits per heavy atom. The van der Waals surface area contributed by atoms with Gasteiger partial charge in [0.15, 0.2) is 11.0 Å². The zero-order valence-corrected chi connectivity index (χ0v) is 13.1. The first kappa shape index (κ1) is 15.4. The fourth-order valence-corrected chi connectivity index (χ4v) is 2.96. The second-order valence-electron chi connectivity index (χ2n) is 4.71. The lowest BCUT2D eigenvalue weighted by Crippen LogP contribution is -2.02. The lowest BCUT2D eigenvalue weighted by molar-refractivity contribution is 0.626. The molecule has 0 atom stereocenters. The van der Waals surface area contributed by atoms with Crippen LogP contribution < -0.4 is 0 Å². The Balaban J connectivity index is 1.85. The van der Waals surface area contributed by atoms with E-state index in [9.17, 15) is 4.39 Å². The van der Waals surface area contributed by atoms with Gasteiger partial charge in [0.25, 0.3) is 0 Å². The van der Waals surface area contributed by atoms with E-state index in [0.29, 0.717) is 23.8 Å². The predicted molar refractivity (Wildman–Crippen MR) is 87.2 cm³/mol. The van der Waals surface area contributed by atoms with Crippen LogP contribution in [0.3, 0.4) is 0 Å². The molecule has 2 aromatic heterocycles. The van der Waals surface area contributed by atoms with E-state index < -0.39 is 0 Å². The molecule has 0 aliphatic heterocycles. The molecule has 0 N–H and O–H groups in total. The molecule has 0 aliphatic carbocycles. The van der Waals surface area contributed by atoms with Crippen LogP contribution in [0.4, 0.5) is 4.39 Å². The molecular formula is C16H14FN5S. The van der Waals surface area contributed by atoms with Gasteiger partial charge in [-0.15, -0.1) is 16.8 Å². The predicted octanol–water partition coefficient (Wildman–Crippen LogP) is 3.35. The molecule has 7 heteroatoms. The number of allylic oxidation sites excluding steroid dienone is 1. The summed E-state index contributed by atoms with van der Waals surface area (Å²) in [6.07, 6.45) is 6.64. The van der Waals surface area contributed by atoms with Crippen molar-refractivity contribution in [3.05, 3.63) is 66.9 Å². The van der Waals surface area contributed by atoms with Gasteiger partial charge in [0.05, 0.1) is 6.20 Å². The Bertz CT molecular complexity index is 803.